The second kappa shape index (κ2) is 7.93. The lowest BCUT2D eigenvalue weighted by Crippen LogP contribution is -2.31. The van der Waals surface area contributed by atoms with Crippen LogP contribution in [0.3, 0.4) is 0 Å². The van der Waals surface area contributed by atoms with Crippen molar-refractivity contribution in [3.63, 3.8) is 0 Å². The van der Waals surface area contributed by atoms with Crippen LogP contribution >= 0.6 is 11.3 Å². The highest BCUT2D eigenvalue weighted by Gasteiger charge is 2.15. The maximum Gasteiger partial charge on any atom is 0.265 e. The van der Waals surface area contributed by atoms with Gasteiger partial charge in [0.2, 0.25) is 0 Å². The van der Waals surface area contributed by atoms with E-state index in [0.29, 0.717) is 29.7 Å². The van der Waals surface area contributed by atoms with Crippen LogP contribution in [0.15, 0.2) is 0 Å². The number of nitrogens with one attached hydrogen (secondary N) is 2. The zero-order valence-electron chi connectivity index (χ0n) is 11.5. The third kappa shape index (κ3) is 5.41. The van der Waals surface area contributed by atoms with Crippen molar-refractivity contribution in [2.24, 2.45) is 0 Å². The van der Waals surface area contributed by atoms with Crippen LogP contribution in [-0.2, 0) is 4.74 Å². The van der Waals surface area contributed by atoms with Gasteiger partial charge in [-0.15, -0.1) is 0 Å². The number of anilines is 2. The van der Waals surface area contributed by atoms with Crippen LogP contribution in [0.2, 0.25) is 0 Å². The topological polar surface area (TPSA) is 92.5 Å². The first-order valence-electron chi connectivity index (χ1n) is 5.96. The fraction of sp³-hybridized carbons (Fsp3) is 0.636. The molecule has 8 heteroatoms. The van der Waals surface area contributed by atoms with Gasteiger partial charge < -0.3 is 26.0 Å². The molecule has 1 aromatic rings. The van der Waals surface area contributed by atoms with Gasteiger partial charge in [0.25, 0.3) is 5.91 Å². The van der Waals surface area contributed by atoms with E-state index in [4.69, 9.17) is 10.5 Å². The minimum atomic E-state index is -0.184. The van der Waals surface area contributed by atoms with E-state index in [-0.39, 0.29) is 11.7 Å². The third-order valence-electron chi connectivity index (χ3n) is 2.29. The molecule has 1 aromatic heterocycles. The Balaban J connectivity index is 2.50. The average molecular weight is 287 g/mol. The van der Waals surface area contributed by atoms with Crippen molar-refractivity contribution in [3.8, 4) is 0 Å². The van der Waals surface area contributed by atoms with Crippen molar-refractivity contribution in [2.45, 2.75) is 0 Å². The number of nitrogens with zero attached hydrogens (tertiary/aromatic N) is 2. The van der Waals surface area contributed by atoms with Crippen LogP contribution in [0.25, 0.3) is 0 Å². The number of likely N-dealkylation sites (N-methyl/N-ethyl adjacent to an activating group) is 1. The van der Waals surface area contributed by atoms with Crippen LogP contribution in [0.5, 0.6) is 0 Å². The molecule has 108 valence electrons. The quantitative estimate of drug-likeness (QED) is 0.586. The van der Waals surface area contributed by atoms with E-state index < -0.39 is 0 Å². The molecule has 1 rings (SSSR count). The summed E-state index contributed by atoms with van der Waals surface area (Å²) in [5.74, 6) is 0.0731. The highest BCUT2D eigenvalue weighted by atomic mass is 32.1. The molecule has 0 fully saturated rings. The molecule has 0 unspecified atom stereocenters. The molecule has 0 saturated carbocycles. The maximum atomic E-state index is 11.9. The van der Waals surface area contributed by atoms with Gasteiger partial charge in [-0.05, 0) is 14.1 Å². The van der Waals surface area contributed by atoms with E-state index >= 15 is 0 Å². The minimum Gasteiger partial charge on any atom is -0.383 e. The Kier molecular flexibility index (Phi) is 6.54. The zero-order valence-corrected chi connectivity index (χ0v) is 12.3. The molecule has 0 spiro atoms. The molecule has 0 radical (unpaired) electrons. The smallest absolute Gasteiger partial charge is 0.265 e. The summed E-state index contributed by atoms with van der Waals surface area (Å²) >= 11 is 1.25. The Morgan fingerprint density at radius 1 is 1.47 bits per heavy atom. The lowest BCUT2D eigenvalue weighted by atomic mass is 10.4. The van der Waals surface area contributed by atoms with E-state index in [1.807, 2.05) is 19.0 Å². The summed E-state index contributed by atoms with van der Waals surface area (Å²) in [6.07, 6.45) is 0. The van der Waals surface area contributed by atoms with Gasteiger partial charge in [-0.1, -0.05) is 11.3 Å². The fourth-order valence-corrected chi connectivity index (χ4v) is 2.13. The Bertz CT molecular complexity index is 408. The van der Waals surface area contributed by atoms with Gasteiger partial charge in [0.05, 0.1) is 6.61 Å². The summed E-state index contributed by atoms with van der Waals surface area (Å²) in [7, 11) is 5.53. The number of hydrogen-bond donors (Lipinski definition) is 3. The van der Waals surface area contributed by atoms with Crippen molar-refractivity contribution in [3.05, 3.63) is 4.88 Å². The SMILES string of the molecule is COCCNc1nc(N)c(C(=O)NCCN(C)C)s1. The summed E-state index contributed by atoms with van der Waals surface area (Å²) < 4.78 is 4.92. The second-order valence-electron chi connectivity index (χ2n) is 4.21. The minimum absolute atomic E-state index is 0.184. The number of rotatable bonds is 8. The number of carbonyl (C=O) groups excluding carboxylic acids is 1. The summed E-state index contributed by atoms with van der Waals surface area (Å²) in [6, 6.07) is 0. The van der Waals surface area contributed by atoms with Crippen molar-refractivity contribution in [1.82, 2.24) is 15.2 Å². The molecule has 1 heterocycles. The summed E-state index contributed by atoms with van der Waals surface area (Å²) in [5.41, 5.74) is 5.73. The van der Waals surface area contributed by atoms with E-state index in [0.717, 1.165) is 6.54 Å². The average Bonchev–Trinajstić information content (AvgIpc) is 2.70. The van der Waals surface area contributed by atoms with Gasteiger partial charge in [0, 0.05) is 26.7 Å². The van der Waals surface area contributed by atoms with Gasteiger partial charge >= 0.3 is 0 Å². The van der Waals surface area contributed by atoms with Crippen molar-refractivity contribution < 1.29 is 9.53 Å². The Labute approximate surface area is 117 Å². The Hall–Kier alpha value is -1.38. The first kappa shape index (κ1) is 15.7. The standard InChI is InChI=1S/C11H21N5O2S/c1-16(2)6-4-13-10(17)8-9(12)15-11(19-8)14-5-7-18-3/h4-7,12H2,1-3H3,(H,13,17)(H,14,15). The summed E-state index contributed by atoms with van der Waals surface area (Å²) in [6.45, 7) is 2.56. The van der Waals surface area contributed by atoms with Gasteiger partial charge in [0.1, 0.15) is 10.7 Å². The molecule has 4 N–H and O–H groups in total. The van der Waals surface area contributed by atoms with Gasteiger partial charge in [-0.2, -0.15) is 0 Å². The molecular weight excluding hydrogens is 266 g/mol. The normalized spacial score (nSPS) is 10.7. The van der Waals surface area contributed by atoms with E-state index in [1.54, 1.807) is 7.11 Å². The maximum absolute atomic E-state index is 11.9. The van der Waals surface area contributed by atoms with E-state index in [1.165, 1.54) is 11.3 Å². The number of hydrogen-bond acceptors (Lipinski definition) is 7. The molecule has 0 bridgehead atoms. The number of nitrogens with two attached hydrogens (primary N) is 1. The molecule has 7 nitrogen and oxygen atoms in total. The van der Waals surface area contributed by atoms with Crippen molar-refractivity contribution in [1.29, 1.82) is 0 Å². The Morgan fingerprint density at radius 3 is 2.84 bits per heavy atom. The van der Waals surface area contributed by atoms with Crippen molar-refractivity contribution >= 4 is 28.2 Å². The highest BCUT2D eigenvalue weighted by Crippen LogP contribution is 2.24. The predicted molar refractivity (Wildman–Crippen MR) is 77.8 cm³/mol. The van der Waals surface area contributed by atoms with Crippen molar-refractivity contribution in [2.75, 3.05) is 58.5 Å². The number of nitrogen functional groups attached to an aromatic ring is 1. The predicted octanol–water partition coefficient (Wildman–Crippen LogP) is 0.0750. The number of aromatic nitrogens is 1. The number of amides is 1. The Morgan fingerprint density at radius 2 is 2.21 bits per heavy atom. The lowest BCUT2D eigenvalue weighted by Gasteiger charge is -2.09. The van der Waals surface area contributed by atoms with E-state index in [2.05, 4.69) is 15.6 Å². The van der Waals surface area contributed by atoms with Crippen LogP contribution in [-0.4, -0.2) is 63.2 Å². The van der Waals surface area contributed by atoms with Crippen LogP contribution in [0, 0.1) is 0 Å². The fourth-order valence-electron chi connectivity index (χ4n) is 1.30. The van der Waals surface area contributed by atoms with Crippen LogP contribution in [0.4, 0.5) is 10.9 Å². The number of methoxy groups -OCH3 is 1. The van der Waals surface area contributed by atoms with E-state index in [9.17, 15) is 4.79 Å². The first-order valence-corrected chi connectivity index (χ1v) is 6.78. The van der Waals surface area contributed by atoms with Crippen LogP contribution in [0.1, 0.15) is 9.67 Å². The lowest BCUT2D eigenvalue weighted by molar-refractivity contribution is 0.0956. The monoisotopic (exact) mass is 287 g/mol. The summed E-state index contributed by atoms with van der Waals surface area (Å²) in [5, 5.41) is 6.49. The molecule has 0 atom stereocenters. The molecule has 0 aliphatic carbocycles. The molecule has 0 saturated heterocycles. The summed E-state index contributed by atoms with van der Waals surface area (Å²) in [4.78, 5) is 18.4. The molecule has 0 aromatic carbocycles. The van der Waals surface area contributed by atoms with Gasteiger partial charge in [-0.3, -0.25) is 4.79 Å². The zero-order chi connectivity index (χ0) is 14.3. The highest BCUT2D eigenvalue weighted by molar-refractivity contribution is 7.18. The molecule has 1 amide bonds. The van der Waals surface area contributed by atoms with Crippen LogP contribution < -0.4 is 16.4 Å². The van der Waals surface area contributed by atoms with Gasteiger partial charge in [0.15, 0.2) is 5.13 Å². The molecular formula is C11H21N5O2S. The molecule has 0 aliphatic heterocycles. The van der Waals surface area contributed by atoms with Gasteiger partial charge in [-0.25, -0.2) is 4.98 Å². The number of thiazole rings is 1. The third-order valence-corrected chi connectivity index (χ3v) is 3.31. The second-order valence-corrected chi connectivity index (χ2v) is 5.21. The largest absolute Gasteiger partial charge is 0.383 e. The number of ether oxygens (including phenoxy) is 1. The number of carbonyl (C=O) groups is 1. The molecule has 19 heavy (non-hydrogen) atoms. The first-order chi connectivity index (χ1) is 9.04. The molecule has 0 aliphatic rings.